The van der Waals surface area contributed by atoms with Gasteiger partial charge in [-0.2, -0.15) is 15.6 Å². The lowest BCUT2D eigenvalue weighted by Gasteiger charge is -2.12. The summed E-state index contributed by atoms with van der Waals surface area (Å²) in [6.07, 6.45) is 0. The minimum Gasteiger partial charge on any atom is -0.383 e. The second-order valence-electron chi connectivity index (χ2n) is 4.12. The molecule has 0 amide bonds. The predicted octanol–water partition coefficient (Wildman–Crippen LogP) is 2.57. The van der Waals surface area contributed by atoms with Gasteiger partial charge in [0.2, 0.25) is 5.71 Å². The Bertz CT molecular complexity index is 489. The van der Waals surface area contributed by atoms with E-state index in [1.807, 2.05) is 24.3 Å². The average molecular weight is 241 g/mol. The maximum Gasteiger partial charge on any atom is 0.237 e. The van der Waals surface area contributed by atoms with Gasteiger partial charge in [0.1, 0.15) is 12.1 Å². The van der Waals surface area contributed by atoms with E-state index in [0.29, 0.717) is 5.92 Å². The number of nitrogens with one attached hydrogen (secondary N) is 2. The van der Waals surface area contributed by atoms with Crippen LogP contribution in [-0.2, 0) is 0 Å². The molecule has 0 spiro atoms. The fraction of sp³-hybridized carbons (Fsp3) is 0.308. The highest BCUT2D eigenvalue weighted by Crippen LogP contribution is 2.21. The molecule has 0 fully saturated rings. The van der Waals surface area contributed by atoms with Gasteiger partial charge < -0.3 is 5.32 Å². The number of rotatable bonds is 5. The molecule has 1 aromatic rings. The third kappa shape index (κ3) is 4.15. The first-order chi connectivity index (χ1) is 8.67. The molecule has 5 nitrogen and oxygen atoms in total. The van der Waals surface area contributed by atoms with Gasteiger partial charge in [-0.05, 0) is 18.1 Å². The first-order valence-corrected chi connectivity index (χ1v) is 5.64. The number of nitrogens with zero attached hydrogens (tertiary/aromatic N) is 3. The summed E-state index contributed by atoms with van der Waals surface area (Å²) >= 11 is 0. The van der Waals surface area contributed by atoms with Crippen LogP contribution in [0.15, 0.2) is 29.4 Å². The second-order valence-corrected chi connectivity index (χ2v) is 4.12. The lowest BCUT2D eigenvalue weighted by molar-refractivity contribution is 0.689. The topological polar surface area (TPSA) is 84.0 Å². The minimum atomic E-state index is -0.200. The number of benzene rings is 1. The molecule has 1 aromatic carbocycles. The van der Waals surface area contributed by atoms with Gasteiger partial charge in [-0.25, -0.2) is 0 Å². The molecule has 0 unspecified atom stereocenters. The SMILES string of the molecule is CC(C)CNc1ccccc1NN=C(C#N)C#N. The standard InChI is InChI=1S/C13H15N5/c1-10(2)9-16-12-5-3-4-6-13(12)18-17-11(7-14)8-15/h3-6,10,16,18H,9H2,1-2H3. The maximum absolute atomic E-state index is 8.59. The van der Waals surface area contributed by atoms with Gasteiger partial charge in [0.15, 0.2) is 0 Å². The number of hydrogen-bond donors (Lipinski definition) is 2. The van der Waals surface area contributed by atoms with Crippen molar-refractivity contribution in [3.8, 4) is 12.1 Å². The Morgan fingerprint density at radius 2 is 1.83 bits per heavy atom. The number of para-hydroxylation sites is 2. The Labute approximate surface area is 107 Å². The number of hydrazone groups is 1. The van der Waals surface area contributed by atoms with E-state index in [9.17, 15) is 0 Å². The molecule has 1 rings (SSSR count). The Morgan fingerprint density at radius 1 is 1.22 bits per heavy atom. The van der Waals surface area contributed by atoms with Crippen LogP contribution >= 0.6 is 0 Å². The monoisotopic (exact) mass is 241 g/mol. The average Bonchev–Trinajstić information content (AvgIpc) is 2.38. The van der Waals surface area contributed by atoms with Crippen LogP contribution in [0.1, 0.15) is 13.8 Å². The van der Waals surface area contributed by atoms with E-state index < -0.39 is 0 Å². The summed E-state index contributed by atoms with van der Waals surface area (Å²) in [6, 6.07) is 10.9. The first kappa shape index (κ1) is 13.5. The van der Waals surface area contributed by atoms with Crippen molar-refractivity contribution in [2.24, 2.45) is 11.0 Å². The van der Waals surface area contributed by atoms with Crippen LogP contribution in [0.3, 0.4) is 0 Å². The van der Waals surface area contributed by atoms with E-state index in [1.54, 1.807) is 12.1 Å². The summed E-state index contributed by atoms with van der Waals surface area (Å²) in [5, 5.41) is 24.2. The Morgan fingerprint density at radius 3 is 2.39 bits per heavy atom. The highest BCUT2D eigenvalue weighted by Gasteiger charge is 2.02. The largest absolute Gasteiger partial charge is 0.383 e. The molecule has 0 saturated heterocycles. The molecule has 2 N–H and O–H groups in total. The molecule has 0 atom stereocenters. The third-order valence-electron chi connectivity index (χ3n) is 2.13. The van der Waals surface area contributed by atoms with Crippen LogP contribution in [0.2, 0.25) is 0 Å². The van der Waals surface area contributed by atoms with Gasteiger partial charge in [-0.1, -0.05) is 26.0 Å². The van der Waals surface area contributed by atoms with Crippen molar-refractivity contribution in [3.63, 3.8) is 0 Å². The molecular weight excluding hydrogens is 226 g/mol. The summed E-state index contributed by atoms with van der Waals surface area (Å²) in [4.78, 5) is 0. The highest BCUT2D eigenvalue weighted by molar-refractivity contribution is 6.10. The molecule has 0 bridgehead atoms. The van der Waals surface area contributed by atoms with Gasteiger partial charge in [0, 0.05) is 6.54 Å². The normalized spacial score (nSPS) is 9.17. The Kier molecular flexibility index (Phi) is 5.21. The van der Waals surface area contributed by atoms with Crippen molar-refractivity contribution in [1.29, 1.82) is 10.5 Å². The van der Waals surface area contributed by atoms with E-state index in [-0.39, 0.29) is 5.71 Å². The van der Waals surface area contributed by atoms with Crippen LogP contribution in [0.5, 0.6) is 0 Å². The fourth-order valence-corrected chi connectivity index (χ4v) is 1.24. The number of nitriles is 2. The van der Waals surface area contributed by atoms with Crippen molar-refractivity contribution in [3.05, 3.63) is 24.3 Å². The zero-order valence-corrected chi connectivity index (χ0v) is 10.4. The van der Waals surface area contributed by atoms with Crippen LogP contribution in [0.25, 0.3) is 0 Å². The van der Waals surface area contributed by atoms with E-state index >= 15 is 0 Å². The number of anilines is 2. The fourth-order valence-electron chi connectivity index (χ4n) is 1.24. The second kappa shape index (κ2) is 6.93. The summed E-state index contributed by atoms with van der Waals surface area (Å²) < 4.78 is 0. The quantitative estimate of drug-likeness (QED) is 0.613. The van der Waals surface area contributed by atoms with Crippen molar-refractivity contribution in [1.82, 2.24) is 0 Å². The molecule has 0 aliphatic carbocycles. The summed E-state index contributed by atoms with van der Waals surface area (Å²) in [7, 11) is 0. The summed E-state index contributed by atoms with van der Waals surface area (Å²) in [5.41, 5.74) is 4.15. The van der Waals surface area contributed by atoms with Gasteiger partial charge in [-0.3, -0.25) is 5.43 Å². The molecule has 0 aliphatic rings. The van der Waals surface area contributed by atoms with Crippen molar-refractivity contribution in [2.45, 2.75) is 13.8 Å². The molecule has 0 aliphatic heterocycles. The third-order valence-corrected chi connectivity index (χ3v) is 2.13. The van der Waals surface area contributed by atoms with Crippen LogP contribution in [0.4, 0.5) is 11.4 Å². The van der Waals surface area contributed by atoms with E-state index in [2.05, 4.69) is 29.7 Å². The van der Waals surface area contributed by atoms with Gasteiger partial charge >= 0.3 is 0 Å². The zero-order chi connectivity index (χ0) is 13.4. The van der Waals surface area contributed by atoms with Crippen molar-refractivity contribution in [2.75, 3.05) is 17.3 Å². The van der Waals surface area contributed by atoms with E-state index in [0.717, 1.165) is 17.9 Å². The van der Waals surface area contributed by atoms with Crippen molar-refractivity contribution < 1.29 is 0 Å². The zero-order valence-electron chi connectivity index (χ0n) is 10.4. The lowest BCUT2D eigenvalue weighted by Crippen LogP contribution is -2.09. The Hall–Kier alpha value is -2.53. The van der Waals surface area contributed by atoms with Gasteiger partial charge in [0.05, 0.1) is 11.4 Å². The molecule has 5 heteroatoms. The molecule has 0 radical (unpaired) electrons. The molecule has 0 aromatic heterocycles. The number of hydrogen-bond acceptors (Lipinski definition) is 5. The van der Waals surface area contributed by atoms with Crippen molar-refractivity contribution >= 4 is 17.1 Å². The van der Waals surface area contributed by atoms with Crippen LogP contribution in [-0.4, -0.2) is 12.3 Å². The molecule has 0 saturated carbocycles. The molecular formula is C13H15N5. The molecule has 92 valence electrons. The summed E-state index contributed by atoms with van der Waals surface area (Å²) in [6.45, 7) is 5.07. The van der Waals surface area contributed by atoms with Crippen LogP contribution < -0.4 is 10.7 Å². The smallest absolute Gasteiger partial charge is 0.237 e. The molecule has 0 heterocycles. The Balaban J connectivity index is 2.80. The summed E-state index contributed by atoms with van der Waals surface area (Å²) in [5.74, 6) is 0.523. The molecule has 18 heavy (non-hydrogen) atoms. The minimum absolute atomic E-state index is 0.200. The lowest BCUT2D eigenvalue weighted by atomic mass is 10.2. The van der Waals surface area contributed by atoms with Gasteiger partial charge in [0.25, 0.3) is 0 Å². The predicted molar refractivity (Wildman–Crippen MR) is 72.1 cm³/mol. The van der Waals surface area contributed by atoms with Crippen LogP contribution in [0, 0.1) is 28.6 Å². The van der Waals surface area contributed by atoms with E-state index in [4.69, 9.17) is 10.5 Å². The highest BCUT2D eigenvalue weighted by atomic mass is 15.3. The van der Waals surface area contributed by atoms with E-state index in [1.165, 1.54) is 0 Å². The maximum atomic E-state index is 8.59. The first-order valence-electron chi connectivity index (χ1n) is 5.64. The van der Waals surface area contributed by atoms with Gasteiger partial charge in [-0.15, -0.1) is 0 Å².